The molecule has 1 aromatic carbocycles. The summed E-state index contributed by atoms with van der Waals surface area (Å²) in [5, 5.41) is 12.5. The van der Waals surface area contributed by atoms with Crippen LogP contribution in [-0.4, -0.2) is 17.8 Å². The van der Waals surface area contributed by atoms with Gasteiger partial charge < -0.3 is 10.8 Å². The van der Waals surface area contributed by atoms with Crippen LogP contribution in [-0.2, 0) is 6.42 Å². The number of hydrogen-bond acceptors (Lipinski definition) is 3. The Hall–Kier alpha value is -0.680. The molecule has 2 aromatic rings. The molecule has 20 heavy (non-hydrogen) atoms. The predicted molar refractivity (Wildman–Crippen MR) is 89.2 cm³/mol. The maximum absolute atomic E-state index is 10.4. The van der Waals surface area contributed by atoms with Crippen molar-refractivity contribution < 1.29 is 5.11 Å². The van der Waals surface area contributed by atoms with E-state index < -0.39 is 0 Å². The highest BCUT2D eigenvalue weighted by atomic mass is 79.9. The van der Waals surface area contributed by atoms with Crippen molar-refractivity contribution in [2.24, 2.45) is 5.73 Å². The minimum Gasteiger partial charge on any atom is -0.392 e. The third-order valence-electron chi connectivity index (χ3n) is 3.50. The summed E-state index contributed by atoms with van der Waals surface area (Å²) >= 11 is 5.24. The molecule has 0 aliphatic heterocycles. The van der Waals surface area contributed by atoms with E-state index in [1.54, 1.807) is 11.3 Å². The lowest BCUT2D eigenvalue weighted by atomic mass is 9.90. The fourth-order valence-corrected chi connectivity index (χ4v) is 3.56. The smallest absolute Gasteiger partial charge is 0.0621 e. The topological polar surface area (TPSA) is 46.2 Å². The number of rotatable bonds is 7. The first-order chi connectivity index (χ1) is 9.70. The van der Waals surface area contributed by atoms with Gasteiger partial charge in [0.1, 0.15) is 0 Å². The van der Waals surface area contributed by atoms with Gasteiger partial charge in [0.15, 0.2) is 0 Å². The molecule has 108 valence electrons. The van der Waals surface area contributed by atoms with Crippen molar-refractivity contribution in [1.82, 2.24) is 0 Å². The van der Waals surface area contributed by atoms with Crippen LogP contribution in [0.1, 0.15) is 29.2 Å². The Balaban J connectivity index is 1.90. The van der Waals surface area contributed by atoms with Gasteiger partial charge in [-0.25, -0.2) is 0 Å². The lowest BCUT2D eigenvalue weighted by molar-refractivity contribution is 0.133. The molecule has 3 N–H and O–H groups in total. The lowest BCUT2D eigenvalue weighted by Gasteiger charge is -2.22. The van der Waals surface area contributed by atoms with E-state index in [0.717, 1.165) is 29.3 Å². The van der Waals surface area contributed by atoms with Crippen molar-refractivity contribution in [1.29, 1.82) is 0 Å². The quantitative estimate of drug-likeness (QED) is 0.791. The molecule has 0 amide bonds. The standard InChI is InChI=1S/C16H20BrNOS/c17-13-5-1-4-12(10-13)15(11-18)16(19)8-2-6-14-7-3-9-20-14/h1,3-5,7,9-10,15-16,19H,2,6,8,11,18H2. The van der Waals surface area contributed by atoms with Gasteiger partial charge in [-0.05, 0) is 48.4 Å². The van der Waals surface area contributed by atoms with Crippen LogP contribution in [0.15, 0.2) is 46.3 Å². The van der Waals surface area contributed by atoms with Crippen LogP contribution in [0.25, 0.3) is 0 Å². The number of nitrogens with two attached hydrogens (primary N) is 1. The Bertz CT molecular complexity index is 515. The number of benzene rings is 1. The van der Waals surface area contributed by atoms with E-state index in [9.17, 15) is 5.11 Å². The number of aryl methyl sites for hydroxylation is 1. The highest BCUT2D eigenvalue weighted by Crippen LogP contribution is 2.25. The van der Waals surface area contributed by atoms with E-state index in [-0.39, 0.29) is 12.0 Å². The van der Waals surface area contributed by atoms with E-state index >= 15 is 0 Å². The molecule has 0 spiro atoms. The molecule has 0 saturated carbocycles. The van der Waals surface area contributed by atoms with E-state index in [0.29, 0.717) is 6.54 Å². The van der Waals surface area contributed by atoms with Crippen molar-refractivity contribution in [3.8, 4) is 0 Å². The normalized spacial score (nSPS) is 14.2. The Kier molecular flexibility index (Phi) is 6.23. The van der Waals surface area contributed by atoms with Crippen LogP contribution in [0.3, 0.4) is 0 Å². The summed E-state index contributed by atoms with van der Waals surface area (Å²) in [6.45, 7) is 0.469. The van der Waals surface area contributed by atoms with E-state index in [2.05, 4.69) is 33.4 Å². The van der Waals surface area contributed by atoms with Gasteiger partial charge in [-0.2, -0.15) is 0 Å². The SMILES string of the molecule is NCC(c1cccc(Br)c1)C(O)CCCc1cccs1. The zero-order valence-corrected chi connectivity index (χ0v) is 13.7. The first kappa shape index (κ1) is 15.7. The first-order valence-electron chi connectivity index (χ1n) is 6.86. The van der Waals surface area contributed by atoms with E-state index in [4.69, 9.17) is 5.73 Å². The average molecular weight is 354 g/mol. The van der Waals surface area contributed by atoms with Crippen LogP contribution in [0.2, 0.25) is 0 Å². The van der Waals surface area contributed by atoms with Gasteiger partial charge in [-0.1, -0.05) is 34.1 Å². The van der Waals surface area contributed by atoms with Gasteiger partial charge in [-0.3, -0.25) is 0 Å². The fourth-order valence-electron chi connectivity index (χ4n) is 2.39. The number of thiophene rings is 1. The first-order valence-corrected chi connectivity index (χ1v) is 8.54. The second kappa shape index (κ2) is 7.93. The Morgan fingerprint density at radius 3 is 2.75 bits per heavy atom. The maximum Gasteiger partial charge on any atom is 0.0621 e. The lowest BCUT2D eigenvalue weighted by Crippen LogP contribution is -2.26. The van der Waals surface area contributed by atoms with Gasteiger partial charge in [0, 0.05) is 21.8 Å². The molecule has 0 aliphatic rings. The van der Waals surface area contributed by atoms with Gasteiger partial charge in [0.25, 0.3) is 0 Å². The fraction of sp³-hybridized carbons (Fsp3) is 0.375. The van der Waals surface area contributed by atoms with Crippen molar-refractivity contribution in [3.63, 3.8) is 0 Å². The third kappa shape index (κ3) is 4.42. The molecular weight excluding hydrogens is 334 g/mol. The largest absolute Gasteiger partial charge is 0.392 e. The number of halogens is 1. The Labute approximate surface area is 132 Å². The summed E-state index contributed by atoms with van der Waals surface area (Å²) in [5.74, 6) is 0.0100. The summed E-state index contributed by atoms with van der Waals surface area (Å²) in [5.41, 5.74) is 6.95. The molecule has 0 bridgehead atoms. The summed E-state index contributed by atoms with van der Waals surface area (Å²) < 4.78 is 1.03. The second-order valence-electron chi connectivity index (χ2n) is 4.94. The minimum atomic E-state index is -0.380. The zero-order chi connectivity index (χ0) is 14.4. The van der Waals surface area contributed by atoms with Crippen LogP contribution >= 0.6 is 27.3 Å². The average Bonchev–Trinajstić information content (AvgIpc) is 2.93. The molecule has 0 radical (unpaired) electrons. The van der Waals surface area contributed by atoms with Crippen molar-refractivity contribution in [2.75, 3.05) is 6.54 Å². The van der Waals surface area contributed by atoms with Crippen LogP contribution < -0.4 is 5.73 Å². The predicted octanol–water partition coefficient (Wildman–Crippen LogP) is 3.94. The molecule has 2 atom stereocenters. The van der Waals surface area contributed by atoms with E-state index in [1.807, 2.05) is 24.3 Å². The highest BCUT2D eigenvalue weighted by Gasteiger charge is 2.19. The van der Waals surface area contributed by atoms with Crippen molar-refractivity contribution >= 4 is 27.3 Å². The molecule has 2 nitrogen and oxygen atoms in total. The molecule has 0 saturated heterocycles. The highest BCUT2D eigenvalue weighted by molar-refractivity contribution is 9.10. The summed E-state index contributed by atoms with van der Waals surface area (Å²) in [6.07, 6.45) is 2.43. The molecule has 2 rings (SSSR count). The maximum atomic E-state index is 10.4. The number of aliphatic hydroxyl groups is 1. The van der Waals surface area contributed by atoms with Crippen molar-refractivity contribution in [3.05, 3.63) is 56.7 Å². The molecular formula is C16H20BrNOS. The second-order valence-corrected chi connectivity index (χ2v) is 6.88. The summed E-state index contributed by atoms with van der Waals surface area (Å²) in [7, 11) is 0. The molecule has 0 aliphatic carbocycles. The van der Waals surface area contributed by atoms with Crippen LogP contribution in [0.5, 0.6) is 0 Å². The van der Waals surface area contributed by atoms with Crippen LogP contribution in [0, 0.1) is 0 Å². The van der Waals surface area contributed by atoms with Crippen LogP contribution in [0.4, 0.5) is 0 Å². The monoisotopic (exact) mass is 353 g/mol. The van der Waals surface area contributed by atoms with Gasteiger partial charge in [0.2, 0.25) is 0 Å². The zero-order valence-electron chi connectivity index (χ0n) is 11.3. The van der Waals surface area contributed by atoms with Gasteiger partial charge in [-0.15, -0.1) is 11.3 Å². The molecule has 1 heterocycles. The molecule has 1 aromatic heterocycles. The molecule has 2 unspecified atom stereocenters. The molecule has 0 fully saturated rings. The van der Waals surface area contributed by atoms with Gasteiger partial charge in [0.05, 0.1) is 6.10 Å². The number of hydrogen-bond donors (Lipinski definition) is 2. The minimum absolute atomic E-state index is 0.0100. The summed E-state index contributed by atoms with van der Waals surface area (Å²) in [4.78, 5) is 1.38. The third-order valence-corrected chi connectivity index (χ3v) is 4.93. The van der Waals surface area contributed by atoms with Crippen molar-refractivity contribution in [2.45, 2.75) is 31.3 Å². The van der Waals surface area contributed by atoms with E-state index in [1.165, 1.54) is 4.88 Å². The number of aliphatic hydroxyl groups excluding tert-OH is 1. The Morgan fingerprint density at radius 1 is 1.25 bits per heavy atom. The summed E-state index contributed by atoms with van der Waals surface area (Å²) in [6, 6.07) is 12.3. The Morgan fingerprint density at radius 2 is 2.10 bits per heavy atom. The molecule has 4 heteroatoms. The van der Waals surface area contributed by atoms with Gasteiger partial charge >= 0.3 is 0 Å².